The molecular weight excluding hydrogens is 293 g/mol. The molecule has 0 fully saturated rings. The molecule has 0 radical (unpaired) electrons. The monoisotopic (exact) mass is 306 g/mol. The van der Waals surface area contributed by atoms with Crippen molar-refractivity contribution in [2.24, 2.45) is 0 Å². The maximum atomic E-state index is 12.7. The lowest BCUT2D eigenvalue weighted by molar-refractivity contribution is -0.140. The van der Waals surface area contributed by atoms with Gasteiger partial charge >= 0.3 is 18.2 Å². The summed E-state index contributed by atoms with van der Waals surface area (Å²) in [6.45, 7) is -0.316. The Morgan fingerprint density at radius 2 is 1.95 bits per heavy atom. The number of halogens is 3. The van der Waals surface area contributed by atoms with Crippen molar-refractivity contribution in [3.63, 3.8) is 0 Å². The minimum Gasteiger partial charge on any atom is -0.480 e. The Balaban J connectivity index is 2.82. The number of methoxy groups -OCH3 is 1. The molecule has 1 rings (SSSR count). The van der Waals surface area contributed by atoms with E-state index in [2.05, 4.69) is 4.74 Å². The molecular formula is C12H13F3N2O4. The summed E-state index contributed by atoms with van der Waals surface area (Å²) >= 11 is 0. The first kappa shape index (κ1) is 16.8. The number of hydrogen-bond acceptors (Lipinski definition) is 3. The fourth-order valence-corrected chi connectivity index (χ4v) is 1.50. The lowest BCUT2D eigenvalue weighted by Crippen LogP contribution is -2.45. The first-order chi connectivity index (χ1) is 9.75. The van der Waals surface area contributed by atoms with Crippen molar-refractivity contribution in [3.8, 4) is 0 Å². The van der Waals surface area contributed by atoms with Crippen molar-refractivity contribution in [3.05, 3.63) is 29.8 Å². The molecule has 116 valence electrons. The van der Waals surface area contributed by atoms with Gasteiger partial charge in [-0.25, -0.2) is 9.59 Å². The van der Waals surface area contributed by atoms with Crippen molar-refractivity contribution >= 4 is 17.7 Å². The van der Waals surface area contributed by atoms with Crippen LogP contribution in [0.25, 0.3) is 0 Å². The standard InChI is InChI=1S/C12H13F3N2O4/c1-21-6-9(10(18)19)17-11(20)16-8-5-3-2-4-7(8)12(13,14)15/h2-5,9H,6H2,1H3,(H,18,19)(H2,16,17,20). The summed E-state index contributed by atoms with van der Waals surface area (Å²) in [5.41, 5.74) is -1.50. The van der Waals surface area contributed by atoms with Gasteiger partial charge in [-0.2, -0.15) is 13.2 Å². The number of rotatable bonds is 5. The van der Waals surface area contributed by atoms with Crippen LogP contribution in [0.4, 0.5) is 23.7 Å². The molecule has 9 heteroatoms. The number of para-hydroxylation sites is 1. The van der Waals surface area contributed by atoms with E-state index >= 15 is 0 Å². The lowest BCUT2D eigenvalue weighted by atomic mass is 10.1. The molecule has 1 aromatic carbocycles. The summed E-state index contributed by atoms with van der Waals surface area (Å²) in [4.78, 5) is 22.4. The fourth-order valence-electron chi connectivity index (χ4n) is 1.50. The number of carboxylic acids is 1. The van der Waals surface area contributed by atoms with E-state index in [1.165, 1.54) is 19.2 Å². The number of amides is 2. The van der Waals surface area contributed by atoms with Crippen LogP contribution in [0.1, 0.15) is 5.56 Å². The number of nitrogens with one attached hydrogen (secondary N) is 2. The SMILES string of the molecule is COCC(NC(=O)Nc1ccccc1C(F)(F)F)C(=O)O. The molecule has 0 saturated carbocycles. The number of ether oxygens (including phenoxy) is 1. The maximum absolute atomic E-state index is 12.7. The number of aliphatic carboxylic acids is 1. The van der Waals surface area contributed by atoms with Gasteiger partial charge < -0.3 is 20.5 Å². The zero-order valence-corrected chi connectivity index (χ0v) is 10.9. The van der Waals surface area contributed by atoms with Gasteiger partial charge in [0.25, 0.3) is 0 Å². The smallest absolute Gasteiger partial charge is 0.418 e. The van der Waals surface area contributed by atoms with Crippen LogP contribution in [0, 0.1) is 0 Å². The van der Waals surface area contributed by atoms with Gasteiger partial charge in [0.2, 0.25) is 0 Å². The van der Waals surface area contributed by atoms with Crippen molar-refractivity contribution in [2.45, 2.75) is 12.2 Å². The number of hydrogen-bond donors (Lipinski definition) is 3. The molecule has 2 amide bonds. The molecule has 0 bridgehead atoms. The second-order valence-electron chi connectivity index (χ2n) is 3.99. The van der Waals surface area contributed by atoms with Crippen LogP contribution in [-0.4, -0.2) is 36.9 Å². The summed E-state index contributed by atoms with van der Waals surface area (Å²) in [6.07, 6.45) is -4.64. The number of benzene rings is 1. The minimum atomic E-state index is -4.64. The Kier molecular flexibility index (Phi) is 5.53. The van der Waals surface area contributed by atoms with Gasteiger partial charge in [0, 0.05) is 7.11 Å². The average molecular weight is 306 g/mol. The topological polar surface area (TPSA) is 87.7 Å². The Hall–Kier alpha value is -2.29. The van der Waals surface area contributed by atoms with Gasteiger partial charge in [0.1, 0.15) is 0 Å². The molecule has 6 nitrogen and oxygen atoms in total. The Labute approximate surface area is 117 Å². The number of alkyl halides is 3. The molecule has 0 heterocycles. The molecule has 1 unspecified atom stereocenters. The van der Waals surface area contributed by atoms with E-state index in [4.69, 9.17) is 5.11 Å². The van der Waals surface area contributed by atoms with E-state index in [-0.39, 0.29) is 6.61 Å². The highest BCUT2D eigenvalue weighted by atomic mass is 19.4. The van der Waals surface area contributed by atoms with Gasteiger partial charge in [-0.15, -0.1) is 0 Å². The number of carbonyl (C=O) groups is 2. The lowest BCUT2D eigenvalue weighted by Gasteiger charge is -2.16. The number of carboxylic acid groups (broad SMARTS) is 1. The van der Waals surface area contributed by atoms with E-state index in [0.29, 0.717) is 0 Å². The molecule has 0 aromatic heterocycles. The third-order valence-corrected chi connectivity index (χ3v) is 2.42. The van der Waals surface area contributed by atoms with E-state index < -0.39 is 35.5 Å². The summed E-state index contributed by atoms with van der Waals surface area (Å²) in [5.74, 6) is -1.36. The van der Waals surface area contributed by atoms with Crippen LogP contribution in [0.15, 0.2) is 24.3 Å². The summed E-state index contributed by atoms with van der Waals surface area (Å²) in [7, 11) is 1.23. The molecule has 0 aliphatic carbocycles. The number of anilines is 1. The van der Waals surface area contributed by atoms with Gasteiger partial charge in [0.15, 0.2) is 6.04 Å². The van der Waals surface area contributed by atoms with Crippen molar-refractivity contribution in [2.75, 3.05) is 19.0 Å². The van der Waals surface area contributed by atoms with Gasteiger partial charge in [-0.1, -0.05) is 12.1 Å². The average Bonchev–Trinajstić information content (AvgIpc) is 2.37. The second-order valence-corrected chi connectivity index (χ2v) is 3.99. The van der Waals surface area contributed by atoms with E-state index in [9.17, 15) is 22.8 Å². The van der Waals surface area contributed by atoms with E-state index in [1.54, 1.807) is 0 Å². The van der Waals surface area contributed by atoms with E-state index in [1.807, 2.05) is 10.6 Å². The molecule has 0 aliphatic rings. The third kappa shape index (κ3) is 4.95. The molecule has 0 spiro atoms. The Morgan fingerprint density at radius 3 is 2.48 bits per heavy atom. The summed E-state index contributed by atoms with van der Waals surface area (Å²) in [5, 5.41) is 12.8. The van der Waals surface area contributed by atoms with Gasteiger partial charge in [-0.3, -0.25) is 0 Å². The third-order valence-electron chi connectivity index (χ3n) is 2.42. The quantitative estimate of drug-likeness (QED) is 0.775. The molecule has 3 N–H and O–H groups in total. The second kappa shape index (κ2) is 6.93. The van der Waals surface area contributed by atoms with Crippen molar-refractivity contribution in [1.29, 1.82) is 0 Å². The highest BCUT2D eigenvalue weighted by Gasteiger charge is 2.33. The molecule has 1 atom stereocenters. The largest absolute Gasteiger partial charge is 0.480 e. The molecule has 1 aromatic rings. The molecule has 21 heavy (non-hydrogen) atoms. The molecule has 0 aliphatic heterocycles. The predicted octanol–water partition coefficient (Wildman–Crippen LogP) is 1.93. The highest BCUT2D eigenvalue weighted by Crippen LogP contribution is 2.34. The fraction of sp³-hybridized carbons (Fsp3) is 0.333. The maximum Gasteiger partial charge on any atom is 0.418 e. The van der Waals surface area contributed by atoms with Crippen LogP contribution in [0.2, 0.25) is 0 Å². The van der Waals surface area contributed by atoms with Crippen molar-refractivity contribution in [1.82, 2.24) is 5.32 Å². The predicted molar refractivity (Wildman–Crippen MR) is 66.9 cm³/mol. The zero-order valence-electron chi connectivity index (χ0n) is 10.9. The van der Waals surface area contributed by atoms with Gasteiger partial charge in [-0.05, 0) is 12.1 Å². The summed E-state index contributed by atoms with van der Waals surface area (Å²) in [6, 6.07) is 1.92. The van der Waals surface area contributed by atoms with Crippen LogP contribution in [0.5, 0.6) is 0 Å². The van der Waals surface area contributed by atoms with E-state index in [0.717, 1.165) is 12.1 Å². The molecule has 0 saturated heterocycles. The Bertz CT molecular complexity index is 519. The van der Waals surface area contributed by atoms with Crippen LogP contribution < -0.4 is 10.6 Å². The number of carbonyl (C=O) groups excluding carboxylic acids is 1. The first-order valence-corrected chi connectivity index (χ1v) is 5.71. The highest BCUT2D eigenvalue weighted by molar-refractivity contribution is 5.93. The zero-order chi connectivity index (χ0) is 16.0. The van der Waals surface area contributed by atoms with Crippen molar-refractivity contribution < 1.29 is 32.6 Å². The first-order valence-electron chi connectivity index (χ1n) is 5.71. The van der Waals surface area contributed by atoms with Crippen LogP contribution >= 0.6 is 0 Å². The summed E-state index contributed by atoms with van der Waals surface area (Å²) < 4.78 is 42.8. The van der Waals surface area contributed by atoms with Crippen LogP contribution in [0.3, 0.4) is 0 Å². The minimum absolute atomic E-state index is 0.316. The van der Waals surface area contributed by atoms with Crippen LogP contribution in [-0.2, 0) is 15.7 Å². The Morgan fingerprint density at radius 1 is 1.33 bits per heavy atom. The normalized spacial score (nSPS) is 12.6. The number of urea groups is 1. The van der Waals surface area contributed by atoms with Gasteiger partial charge in [0.05, 0.1) is 17.9 Å².